The summed E-state index contributed by atoms with van der Waals surface area (Å²) < 4.78 is 0. The maximum absolute atomic E-state index is 12.2. The van der Waals surface area contributed by atoms with Crippen molar-refractivity contribution in [2.45, 2.75) is 40.0 Å². The number of nitrogens with one attached hydrogen (secondary N) is 1. The molecule has 0 aliphatic carbocycles. The SMILES string of the molecule is CCNC(=O)N(CC)c1cc(CCN)ccc1C(C)C. The normalized spacial score (nSPS) is 10.7. The predicted molar refractivity (Wildman–Crippen MR) is 85.4 cm³/mol. The number of hydrogen-bond donors (Lipinski definition) is 2. The van der Waals surface area contributed by atoms with E-state index in [0.717, 1.165) is 12.1 Å². The molecule has 1 aromatic carbocycles. The first-order valence-corrected chi connectivity index (χ1v) is 7.43. The van der Waals surface area contributed by atoms with E-state index in [0.29, 0.717) is 25.6 Å². The minimum absolute atomic E-state index is 0.0400. The number of urea groups is 1. The molecular weight excluding hydrogens is 250 g/mol. The van der Waals surface area contributed by atoms with Crippen LogP contribution in [0, 0.1) is 0 Å². The maximum Gasteiger partial charge on any atom is 0.321 e. The van der Waals surface area contributed by atoms with Gasteiger partial charge in [-0.2, -0.15) is 0 Å². The summed E-state index contributed by atoms with van der Waals surface area (Å²) >= 11 is 0. The Bertz CT molecular complexity index is 443. The summed E-state index contributed by atoms with van der Waals surface area (Å²) in [5.41, 5.74) is 9.00. The molecule has 0 aromatic heterocycles. The van der Waals surface area contributed by atoms with Crippen molar-refractivity contribution in [3.63, 3.8) is 0 Å². The molecule has 3 N–H and O–H groups in total. The van der Waals surface area contributed by atoms with E-state index in [2.05, 4.69) is 37.4 Å². The third-order valence-electron chi connectivity index (χ3n) is 3.33. The van der Waals surface area contributed by atoms with Crippen molar-refractivity contribution < 1.29 is 4.79 Å². The monoisotopic (exact) mass is 277 g/mol. The van der Waals surface area contributed by atoms with E-state index in [1.807, 2.05) is 13.8 Å². The second kappa shape index (κ2) is 7.90. The lowest BCUT2D eigenvalue weighted by Gasteiger charge is -2.26. The molecule has 1 aromatic rings. The number of nitrogens with zero attached hydrogens (tertiary/aromatic N) is 1. The van der Waals surface area contributed by atoms with Gasteiger partial charge in [0.05, 0.1) is 0 Å². The Hall–Kier alpha value is -1.55. The summed E-state index contributed by atoms with van der Waals surface area (Å²) in [5.74, 6) is 0.375. The zero-order valence-corrected chi connectivity index (χ0v) is 13.1. The predicted octanol–water partition coefficient (Wildman–Crippen LogP) is 2.87. The number of nitrogens with two attached hydrogens (primary N) is 1. The number of amides is 2. The Morgan fingerprint density at radius 2 is 2.05 bits per heavy atom. The number of carbonyl (C=O) groups excluding carboxylic acids is 1. The van der Waals surface area contributed by atoms with Crippen LogP contribution in [0.2, 0.25) is 0 Å². The molecule has 0 aliphatic rings. The Morgan fingerprint density at radius 3 is 2.55 bits per heavy atom. The zero-order chi connectivity index (χ0) is 15.1. The summed E-state index contributed by atoms with van der Waals surface area (Å²) in [6.45, 7) is 10.1. The van der Waals surface area contributed by atoms with Gasteiger partial charge in [0.15, 0.2) is 0 Å². The molecule has 0 fully saturated rings. The number of rotatable bonds is 6. The van der Waals surface area contributed by atoms with Gasteiger partial charge < -0.3 is 11.1 Å². The second-order valence-electron chi connectivity index (χ2n) is 5.17. The van der Waals surface area contributed by atoms with Gasteiger partial charge in [-0.3, -0.25) is 4.90 Å². The van der Waals surface area contributed by atoms with Crippen LogP contribution in [0.3, 0.4) is 0 Å². The quantitative estimate of drug-likeness (QED) is 0.840. The lowest BCUT2D eigenvalue weighted by Crippen LogP contribution is -2.40. The van der Waals surface area contributed by atoms with Crippen LogP contribution in [-0.2, 0) is 6.42 Å². The molecule has 1 rings (SSSR count). The van der Waals surface area contributed by atoms with Crippen molar-refractivity contribution in [3.05, 3.63) is 29.3 Å². The molecule has 0 atom stereocenters. The maximum atomic E-state index is 12.2. The Labute approximate surface area is 122 Å². The standard InChI is InChI=1S/C16H27N3O/c1-5-18-16(20)19(6-2)15-11-13(9-10-17)7-8-14(15)12(3)4/h7-8,11-12H,5-6,9-10,17H2,1-4H3,(H,18,20). The summed E-state index contributed by atoms with van der Waals surface area (Å²) in [6.07, 6.45) is 0.832. The van der Waals surface area contributed by atoms with Gasteiger partial charge in [0, 0.05) is 18.8 Å². The van der Waals surface area contributed by atoms with Crippen LogP contribution in [0.5, 0.6) is 0 Å². The summed E-state index contributed by atoms with van der Waals surface area (Å²) in [4.78, 5) is 14.0. The second-order valence-corrected chi connectivity index (χ2v) is 5.17. The molecule has 0 spiro atoms. The molecule has 112 valence electrons. The van der Waals surface area contributed by atoms with Gasteiger partial charge in [0.2, 0.25) is 0 Å². The third kappa shape index (κ3) is 3.97. The average molecular weight is 277 g/mol. The summed E-state index contributed by atoms with van der Waals surface area (Å²) in [7, 11) is 0. The van der Waals surface area contributed by atoms with E-state index in [-0.39, 0.29) is 6.03 Å². The molecule has 0 unspecified atom stereocenters. The lowest BCUT2D eigenvalue weighted by molar-refractivity contribution is 0.247. The first-order valence-electron chi connectivity index (χ1n) is 7.43. The van der Waals surface area contributed by atoms with E-state index < -0.39 is 0 Å². The molecule has 20 heavy (non-hydrogen) atoms. The number of carbonyl (C=O) groups is 1. The number of hydrogen-bond acceptors (Lipinski definition) is 2. The van der Waals surface area contributed by atoms with E-state index >= 15 is 0 Å². The highest BCUT2D eigenvalue weighted by Gasteiger charge is 2.18. The first kappa shape index (κ1) is 16.5. The molecule has 0 bridgehead atoms. The smallest absolute Gasteiger partial charge is 0.321 e. The highest BCUT2D eigenvalue weighted by molar-refractivity contribution is 5.93. The van der Waals surface area contributed by atoms with E-state index in [4.69, 9.17) is 5.73 Å². The lowest BCUT2D eigenvalue weighted by atomic mass is 9.97. The molecule has 4 heteroatoms. The van der Waals surface area contributed by atoms with Crippen LogP contribution >= 0.6 is 0 Å². The van der Waals surface area contributed by atoms with Crippen LogP contribution in [0.15, 0.2) is 18.2 Å². The fraction of sp³-hybridized carbons (Fsp3) is 0.562. The van der Waals surface area contributed by atoms with Gasteiger partial charge in [0.1, 0.15) is 0 Å². The Morgan fingerprint density at radius 1 is 1.35 bits per heavy atom. The van der Waals surface area contributed by atoms with E-state index in [1.54, 1.807) is 4.90 Å². The molecule has 4 nitrogen and oxygen atoms in total. The largest absolute Gasteiger partial charge is 0.338 e. The van der Waals surface area contributed by atoms with Gasteiger partial charge in [-0.05, 0) is 49.9 Å². The van der Waals surface area contributed by atoms with Crippen LogP contribution in [0.4, 0.5) is 10.5 Å². The van der Waals surface area contributed by atoms with Gasteiger partial charge in [-0.1, -0.05) is 26.0 Å². The van der Waals surface area contributed by atoms with E-state index in [1.165, 1.54) is 11.1 Å². The topological polar surface area (TPSA) is 58.4 Å². The Kier molecular flexibility index (Phi) is 6.52. The molecule has 0 saturated carbocycles. The minimum Gasteiger partial charge on any atom is -0.338 e. The van der Waals surface area contributed by atoms with Gasteiger partial charge in [-0.25, -0.2) is 4.79 Å². The molecule has 0 aliphatic heterocycles. The van der Waals surface area contributed by atoms with E-state index in [9.17, 15) is 4.79 Å². The van der Waals surface area contributed by atoms with Crippen LogP contribution < -0.4 is 16.0 Å². The fourth-order valence-electron chi connectivity index (χ4n) is 2.30. The van der Waals surface area contributed by atoms with Gasteiger partial charge in [-0.15, -0.1) is 0 Å². The zero-order valence-electron chi connectivity index (χ0n) is 13.1. The molecule has 2 amide bonds. The van der Waals surface area contributed by atoms with Gasteiger partial charge >= 0.3 is 6.03 Å². The van der Waals surface area contributed by atoms with Crippen molar-refractivity contribution in [1.82, 2.24) is 5.32 Å². The van der Waals surface area contributed by atoms with Crippen LogP contribution in [-0.4, -0.2) is 25.7 Å². The fourth-order valence-corrected chi connectivity index (χ4v) is 2.30. The number of benzene rings is 1. The van der Waals surface area contributed by atoms with Crippen molar-refractivity contribution in [2.75, 3.05) is 24.5 Å². The van der Waals surface area contributed by atoms with Crippen molar-refractivity contribution in [2.24, 2.45) is 5.73 Å². The molecule has 0 saturated heterocycles. The van der Waals surface area contributed by atoms with Crippen molar-refractivity contribution >= 4 is 11.7 Å². The van der Waals surface area contributed by atoms with Crippen molar-refractivity contribution in [3.8, 4) is 0 Å². The number of anilines is 1. The van der Waals surface area contributed by atoms with Crippen LogP contribution in [0.1, 0.15) is 44.7 Å². The molecule has 0 radical (unpaired) electrons. The summed E-state index contributed by atoms with van der Waals surface area (Å²) in [5, 5.41) is 2.87. The van der Waals surface area contributed by atoms with Crippen molar-refractivity contribution in [1.29, 1.82) is 0 Å². The minimum atomic E-state index is -0.0400. The highest BCUT2D eigenvalue weighted by Crippen LogP contribution is 2.29. The van der Waals surface area contributed by atoms with Gasteiger partial charge in [0.25, 0.3) is 0 Å². The molecular formula is C16H27N3O. The highest BCUT2D eigenvalue weighted by atomic mass is 16.2. The first-order chi connectivity index (χ1) is 9.54. The average Bonchev–Trinajstić information content (AvgIpc) is 2.40. The molecule has 0 heterocycles. The van der Waals surface area contributed by atoms with Crippen LogP contribution in [0.25, 0.3) is 0 Å². The Balaban J connectivity index is 3.21. The summed E-state index contributed by atoms with van der Waals surface area (Å²) in [6, 6.07) is 6.28. The third-order valence-corrected chi connectivity index (χ3v) is 3.33.